The van der Waals surface area contributed by atoms with Crippen LogP contribution in [-0.2, 0) is 7.05 Å². The Morgan fingerprint density at radius 1 is 1.50 bits per heavy atom. The summed E-state index contributed by atoms with van der Waals surface area (Å²) in [4.78, 5) is 14.7. The molecule has 0 aliphatic heterocycles. The zero-order valence-corrected chi connectivity index (χ0v) is 9.97. The predicted molar refractivity (Wildman–Crippen MR) is 61.1 cm³/mol. The van der Waals surface area contributed by atoms with E-state index < -0.39 is 5.97 Å². The van der Waals surface area contributed by atoms with Gasteiger partial charge < -0.3 is 5.11 Å². The highest BCUT2D eigenvalue weighted by Gasteiger charge is 2.14. The van der Waals surface area contributed by atoms with Crippen molar-refractivity contribution in [3.63, 3.8) is 0 Å². The quantitative estimate of drug-likeness (QED) is 0.914. The Bertz CT molecular complexity index is 551. The topological polar surface area (TPSA) is 68.0 Å². The van der Waals surface area contributed by atoms with Gasteiger partial charge in [0.25, 0.3) is 5.82 Å². The molecule has 0 aliphatic rings. The second kappa shape index (κ2) is 4.05. The third kappa shape index (κ3) is 1.96. The minimum atomic E-state index is -1.13. The van der Waals surface area contributed by atoms with E-state index in [0.29, 0.717) is 5.82 Å². The summed E-state index contributed by atoms with van der Waals surface area (Å²) in [5, 5.41) is 12.6. The van der Waals surface area contributed by atoms with Crippen LogP contribution in [0.25, 0.3) is 11.4 Å². The Kier molecular flexibility index (Phi) is 2.74. The van der Waals surface area contributed by atoms with Gasteiger partial charge in [-0.1, -0.05) is 28.1 Å². The first kappa shape index (κ1) is 10.8. The minimum absolute atomic E-state index is 0.197. The van der Waals surface area contributed by atoms with Crippen molar-refractivity contribution in [2.75, 3.05) is 0 Å². The Labute approximate surface area is 99.9 Å². The molecular formula is C10H8BrN3O2. The fraction of sp³-hybridized carbons (Fsp3) is 0.100. The summed E-state index contributed by atoms with van der Waals surface area (Å²) in [5.74, 6) is -0.798. The lowest BCUT2D eigenvalue weighted by Gasteiger charge is -1.99. The van der Waals surface area contributed by atoms with Crippen molar-refractivity contribution < 1.29 is 9.90 Å². The third-order valence-corrected chi connectivity index (χ3v) is 2.53. The van der Waals surface area contributed by atoms with Crippen LogP contribution in [0.1, 0.15) is 10.6 Å². The minimum Gasteiger partial charge on any atom is -0.475 e. The van der Waals surface area contributed by atoms with Gasteiger partial charge in [0.05, 0.1) is 0 Å². The molecule has 6 heteroatoms. The van der Waals surface area contributed by atoms with Crippen LogP contribution in [0.15, 0.2) is 28.7 Å². The number of rotatable bonds is 2. The number of aromatic nitrogens is 3. The van der Waals surface area contributed by atoms with Crippen LogP contribution in [0.4, 0.5) is 0 Å². The van der Waals surface area contributed by atoms with Crippen LogP contribution in [0.2, 0.25) is 0 Å². The molecule has 0 aliphatic carbocycles. The van der Waals surface area contributed by atoms with Gasteiger partial charge in [-0.3, -0.25) is 0 Å². The zero-order valence-electron chi connectivity index (χ0n) is 8.38. The van der Waals surface area contributed by atoms with Gasteiger partial charge in [0.15, 0.2) is 5.82 Å². The van der Waals surface area contributed by atoms with E-state index in [9.17, 15) is 4.79 Å². The Morgan fingerprint density at radius 3 is 2.81 bits per heavy atom. The summed E-state index contributed by atoms with van der Waals surface area (Å²) in [5.41, 5.74) is 0.817. The van der Waals surface area contributed by atoms with Crippen molar-refractivity contribution >= 4 is 21.9 Å². The largest absolute Gasteiger partial charge is 0.475 e. The monoisotopic (exact) mass is 281 g/mol. The molecule has 16 heavy (non-hydrogen) atoms. The van der Waals surface area contributed by atoms with Gasteiger partial charge in [0.2, 0.25) is 0 Å². The number of carboxylic acid groups (broad SMARTS) is 1. The highest BCUT2D eigenvalue weighted by Crippen LogP contribution is 2.20. The van der Waals surface area contributed by atoms with Crippen molar-refractivity contribution in [1.82, 2.24) is 14.8 Å². The molecule has 1 aromatic carbocycles. The molecule has 82 valence electrons. The van der Waals surface area contributed by atoms with Crippen molar-refractivity contribution in [3.8, 4) is 11.4 Å². The zero-order chi connectivity index (χ0) is 11.7. The molecular weight excluding hydrogens is 274 g/mol. The molecule has 1 heterocycles. The summed E-state index contributed by atoms with van der Waals surface area (Å²) in [6, 6.07) is 7.45. The molecule has 0 radical (unpaired) electrons. The maximum Gasteiger partial charge on any atom is 0.375 e. The first-order chi connectivity index (χ1) is 7.58. The van der Waals surface area contributed by atoms with Gasteiger partial charge in [0.1, 0.15) is 0 Å². The van der Waals surface area contributed by atoms with Crippen LogP contribution in [0.5, 0.6) is 0 Å². The normalized spacial score (nSPS) is 10.4. The average molecular weight is 282 g/mol. The molecule has 0 saturated carbocycles. The summed E-state index contributed by atoms with van der Waals surface area (Å²) in [6.45, 7) is 0. The van der Waals surface area contributed by atoms with E-state index in [1.807, 2.05) is 24.3 Å². The molecule has 1 aromatic heterocycles. The fourth-order valence-electron chi connectivity index (χ4n) is 1.35. The van der Waals surface area contributed by atoms with Crippen molar-refractivity contribution in [1.29, 1.82) is 0 Å². The summed E-state index contributed by atoms with van der Waals surface area (Å²) < 4.78 is 2.36. The SMILES string of the molecule is Cn1nc(C(=O)O)nc1-c1cccc(Br)c1. The number of hydrogen-bond donors (Lipinski definition) is 1. The van der Waals surface area contributed by atoms with Crippen molar-refractivity contribution in [2.45, 2.75) is 0 Å². The van der Waals surface area contributed by atoms with Crippen LogP contribution in [0, 0.1) is 0 Å². The molecule has 5 nitrogen and oxygen atoms in total. The van der Waals surface area contributed by atoms with Crippen LogP contribution >= 0.6 is 15.9 Å². The first-order valence-electron chi connectivity index (χ1n) is 4.48. The number of aryl methyl sites for hydroxylation is 1. The van der Waals surface area contributed by atoms with Gasteiger partial charge in [0, 0.05) is 17.1 Å². The maximum atomic E-state index is 10.7. The highest BCUT2D eigenvalue weighted by molar-refractivity contribution is 9.10. The van der Waals surface area contributed by atoms with Crippen molar-refractivity contribution in [3.05, 3.63) is 34.6 Å². The summed E-state index contributed by atoms with van der Waals surface area (Å²) >= 11 is 3.35. The van der Waals surface area contributed by atoms with E-state index in [0.717, 1.165) is 10.0 Å². The van der Waals surface area contributed by atoms with Gasteiger partial charge in [-0.15, -0.1) is 5.10 Å². The van der Waals surface area contributed by atoms with E-state index >= 15 is 0 Å². The van der Waals surface area contributed by atoms with E-state index in [2.05, 4.69) is 26.0 Å². The number of carbonyl (C=O) groups is 1. The Balaban J connectivity index is 2.52. The molecule has 0 spiro atoms. The smallest absolute Gasteiger partial charge is 0.375 e. The molecule has 2 aromatic rings. The number of carboxylic acids is 1. The lowest BCUT2D eigenvalue weighted by molar-refractivity contribution is 0.0683. The number of halogens is 1. The van der Waals surface area contributed by atoms with Gasteiger partial charge >= 0.3 is 5.97 Å². The number of benzene rings is 1. The molecule has 2 rings (SSSR count). The first-order valence-corrected chi connectivity index (χ1v) is 5.27. The van der Waals surface area contributed by atoms with E-state index in [1.165, 1.54) is 4.68 Å². The van der Waals surface area contributed by atoms with Gasteiger partial charge in [-0.05, 0) is 12.1 Å². The van der Waals surface area contributed by atoms with Crippen LogP contribution < -0.4 is 0 Å². The van der Waals surface area contributed by atoms with E-state index in [1.54, 1.807) is 7.05 Å². The summed E-state index contributed by atoms with van der Waals surface area (Å²) in [7, 11) is 1.66. The Morgan fingerprint density at radius 2 is 2.25 bits per heavy atom. The van der Waals surface area contributed by atoms with Gasteiger partial charge in [-0.2, -0.15) is 0 Å². The van der Waals surface area contributed by atoms with E-state index in [-0.39, 0.29) is 5.82 Å². The van der Waals surface area contributed by atoms with Gasteiger partial charge in [-0.25, -0.2) is 14.5 Å². The van der Waals surface area contributed by atoms with E-state index in [4.69, 9.17) is 5.11 Å². The molecule has 1 N–H and O–H groups in total. The highest BCUT2D eigenvalue weighted by atomic mass is 79.9. The van der Waals surface area contributed by atoms with Crippen LogP contribution in [-0.4, -0.2) is 25.8 Å². The Hall–Kier alpha value is -1.69. The average Bonchev–Trinajstić information content (AvgIpc) is 2.60. The lowest BCUT2D eigenvalue weighted by Crippen LogP contribution is -2.00. The molecule has 0 unspecified atom stereocenters. The molecule has 0 bridgehead atoms. The number of aromatic carboxylic acids is 1. The standard InChI is InChI=1S/C10H8BrN3O2/c1-14-9(12-8(13-14)10(15)16)6-3-2-4-7(11)5-6/h2-5H,1H3,(H,15,16). The molecule has 0 atom stereocenters. The third-order valence-electron chi connectivity index (χ3n) is 2.04. The van der Waals surface area contributed by atoms with Crippen LogP contribution in [0.3, 0.4) is 0 Å². The second-order valence-corrected chi connectivity index (χ2v) is 4.11. The number of nitrogens with zero attached hydrogens (tertiary/aromatic N) is 3. The number of hydrogen-bond acceptors (Lipinski definition) is 3. The lowest BCUT2D eigenvalue weighted by atomic mass is 10.2. The molecule has 0 amide bonds. The summed E-state index contributed by atoms with van der Waals surface area (Å²) in [6.07, 6.45) is 0. The van der Waals surface area contributed by atoms with Crippen molar-refractivity contribution in [2.24, 2.45) is 7.05 Å². The molecule has 0 fully saturated rings. The second-order valence-electron chi connectivity index (χ2n) is 3.20. The fourth-order valence-corrected chi connectivity index (χ4v) is 1.75. The maximum absolute atomic E-state index is 10.7. The molecule has 0 saturated heterocycles. The predicted octanol–water partition coefficient (Wildman–Crippen LogP) is 1.94.